The smallest absolute Gasteiger partial charge is 0.369 e. The van der Waals surface area contributed by atoms with Crippen LogP contribution in [0.25, 0.3) is 11.3 Å². The molecule has 7 heteroatoms. The zero-order valence-corrected chi connectivity index (χ0v) is 11.2. The SMILES string of the molecule is CCCNc1ccc(-c2ccc(F)c(C(F)(F)F)c2)nn1. The molecule has 0 amide bonds. The predicted octanol–water partition coefficient (Wildman–Crippen LogP) is 4.12. The first-order valence-corrected chi connectivity index (χ1v) is 6.36. The molecule has 2 rings (SSSR count). The molecule has 0 bridgehead atoms. The molecule has 0 atom stereocenters. The molecule has 21 heavy (non-hydrogen) atoms. The molecule has 0 unspecified atom stereocenters. The van der Waals surface area contributed by atoms with E-state index in [-0.39, 0.29) is 11.3 Å². The fourth-order valence-corrected chi connectivity index (χ4v) is 1.74. The summed E-state index contributed by atoms with van der Waals surface area (Å²) in [4.78, 5) is 0. The van der Waals surface area contributed by atoms with Gasteiger partial charge in [-0.25, -0.2) is 4.39 Å². The highest BCUT2D eigenvalue weighted by Crippen LogP contribution is 2.33. The number of hydrogen-bond donors (Lipinski definition) is 1. The highest BCUT2D eigenvalue weighted by atomic mass is 19.4. The second kappa shape index (κ2) is 6.07. The topological polar surface area (TPSA) is 37.8 Å². The van der Waals surface area contributed by atoms with E-state index in [9.17, 15) is 17.6 Å². The first-order valence-electron chi connectivity index (χ1n) is 6.36. The van der Waals surface area contributed by atoms with Crippen molar-refractivity contribution < 1.29 is 17.6 Å². The van der Waals surface area contributed by atoms with Crippen LogP contribution in [0.3, 0.4) is 0 Å². The summed E-state index contributed by atoms with van der Waals surface area (Å²) < 4.78 is 51.2. The van der Waals surface area contributed by atoms with Crippen LogP contribution < -0.4 is 5.32 Å². The van der Waals surface area contributed by atoms with Gasteiger partial charge in [0.1, 0.15) is 11.6 Å². The Balaban J connectivity index is 2.30. The molecular formula is C14H13F4N3. The first kappa shape index (κ1) is 15.2. The van der Waals surface area contributed by atoms with E-state index in [2.05, 4.69) is 15.5 Å². The van der Waals surface area contributed by atoms with Crippen molar-refractivity contribution in [3.8, 4) is 11.3 Å². The van der Waals surface area contributed by atoms with E-state index in [1.807, 2.05) is 6.92 Å². The molecular weight excluding hydrogens is 286 g/mol. The zero-order chi connectivity index (χ0) is 15.5. The number of nitrogens with one attached hydrogen (secondary N) is 1. The van der Waals surface area contributed by atoms with Crippen LogP contribution in [0.4, 0.5) is 23.4 Å². The van der Waals surface area contributed by atoms with Crippen molar-refractivity contribution in [3.63, 3.8) is 0 Å². The minimum Gasteiger partial charge on any atom is -0.369 e. The molecule has 0 radical (unpaired) electrons. The zero-order valence-electron chi connectivity index (χ0n) is 11.2. The summed E-state index contributed by atoms with van der Waals surface area (Å²) in [6.45, 7) is 2.72. The molecule has 1 aromatic carbocycles. The van der Waals surface area contributed by atoms with E-state index in [0.29, 0.717) is 5.82 Å². The average Bonchev–Trinajstić information content (AvgIpc) is 2.45. The molecule has 0 aliphatic rings. The highest BCUT2D eigenvalue weighted by Gasteiger charge is 2.34. The van der Waals surface area contributed by atoms with Crippen molar-refractivity contribution in [2.75, 3.05) is 11.9 Å². The lowest BCUT2D eigenvalue weighted by Gasteiger charge is -2.10. The van der Waals surface area contributed by atoms with Gasteiger partial charge < -0.3 is 5.32 Å². The summed E-state index contributed by atoms with van der Waals surface area (Å²) in [7, 11) is 0. The minimum atomic E-state index is -4.74. The van der Waals surface area contributed by atoms with Crippen LogP contribution in [-0.2, 0) is 6.18 Å². The Morgan fingerprint density at radius 1 is 1.10 bits per heavy atom. The van der Waals surface area contributed by atoms with Gasteiger partial charge in [-0.3, -0.25) is 0 Å². The number of alkyl halides is 3. The number of halogens is 4. The van der Waals surface area contributed by atoms with Crippen LogP contribution >= 0.6 is 0 Å². The van der Waals surface area contributed by atoms with E-state index in [1.54, 1.807) is 12.1 Å². The maximum absolute atomic E-state index is 13.2. The first-order chi connectivity index (χ1) is 9.91. The van der Waals surface area contributed by atoms with Crippen molar-refractivity contribution in [2.45, 2.75) is 19.5 Å². The number of benzene rings is 1. The summed E-state index contributed by atoms with van der Waals surface area (Å²) in [5.41, 5.74) is -0.893. The Kier molecular flexibility index (Phi) is 4.40. The third kappa shape index (κ3) is 3.68. The number of nitrogens with zero attached hydrogens (tertiary/aromatic N) is 2. The molecule has 0 aliphatic carbocycles. The molecule has 0 saturated heterocycles. The summed E-state index contributed by atoms with van der Waals surface area (Å²) in [6.07, 6.45) is -3.83. The van der Waals surface area contributed by atoms with Gasteiger partial charge in [-0.15, -0.1) is 10.2 Å². The predicted molar refractivity (Wildman–Crippen MR) is 71.2 cm³/mol. The number of aromatic nitrogens is 2. The summed E-state index contributed by atoms with van der Waals surface area (Å²) in [5, 5.41) is 10.7. The van der Waals surface area contributed by atoms with Crippen LogP contribution in [0.5, 0.6) is 0 Å². The molecule has 1 N–H and O–H groups in total. The number of rotatable bonds is 4. The van der Waals surface area contributed by atoms with Gasteiger partial charge in [0.2, 0.25) is 0 Å². The Labute approximate surface area is 119 Å². The Bertz CT molecular complexity index is 609. The van der Waals surface area contributed by atoms with E-state index in [4.69, 9.17) is 0 Å². The van der Waals surface area contributed by atoms with Gasteiger partial charge in [-0.1, -0.05) is 6.92 Å². The molecule has 0 spiro atoms. The Morgan fingerprint density at radius 2 is 1.86 bits per heavy atom. The van der Waals surface area contributed by atoms with Gasteiger partial charge in [0, 0.05) is 12.1 Å². The molecule has 1 aromatic heterocycles. The average molecular weight is 299 g/mol. The van der Waals surface area contributed by atoms with Crippen LogP contribution in [0.15, 0.2) is 30.3 Å². The third-order valence-electron chi connectivity index (χ3n) is 2.79. The van der Waals surface area contributed by atoms with E-state index >= 15 is 0 Å². The Morgan fingerprint density at radius 3 is 2.43 bits per heavy atom. The molecule has 0 fully saturated rings. The minimum absolute atomic E-state index is 0.165. The quantitative estimate of drug-likeness (QED) is 0.863. The molecule has 0 saturated carbocycles. The molecule has 1 heterocycles. The maximum Gasteiger partial charge on any atom is 0.419 e. The third-order valence-corrected chi connectivity index (χ3v) is 2.79. The van der Waals surface area contributed by atoms with Crippen molar-refractivity contribution in [2.24, 2.45) is 0 Å². The van der Waals surface area contributed by atoms with E-state index in [1.165, 1.54) is 6.07 Å². The maximum atomic E-state index is 13.2. The van der Waals surface area contributed by atoms with Gasteiger partial charge in [-0.2, -0.15) is 13.2 Å². The lowest BCUT2D eigenvalue weighted by atomic mass is 10.1. The van der Waals surface area contributed by atoms with Crippen molar-refractivity contribution in [1.82, 2.24) is 10.2 Å². The fraction of sp³-hybridized carbons (Fsp3) is 0.286. The molecule has 2 aromatic rings. The lowest BCUT2D eigenvalue weighted by molar-refractivity contribution is -0.139. The molecule has 112 valence electrons. The van der Waals surface area contributed by atoms with E-state index < -0.39 is 17.6 Å². The molecule has 3 nitrogen and oxygen atoms in total. The van der Waals surface area contributed by atoms with Gasteiger partial charge in [0.15, 0.2) is 0 Å². The van der Waals surface area contributed by atoms with Crippen molar-refractivity contribution in [1.29, 1.82) is 0 Å². The fourth-order valence-electron chi connectivity index (χ4n) is 1.74. The molecule has 0 aliphatic heterocycles. The normalized spacial score (nSPS) is 11.5. The van der Waals surface area contributed by atoms with Crippen molar-refractivity contribution >= 4 is 5.82 Å². The van der Waals surface area contributed by atoms with Crippen LogP contribution in [0, 0.1) is 5.82 Å². The second-order valence-corrected chi connectivity index (χ2v) is 4.42. The largest absolute Gasteiger partial charge is 0.419 e. The summed E-state index contributed by atoms with van der Waals surface area (Å²) >= 11 is 0. The van der Waals surface area contributed by atoms with Gasteiger partial charge in [-0.05, 0) is 36.8 Å². The van der Waals surface area contributed by atoms with Crippen LogP contribution in [-0.4, -0.2) is 16.7 Å². The van der Waals surface area contributed by atoms with Gasteiger partial charge >= 0.3 is 6.18 Å². The Hall–Kier alpha value is -2.18. The van der Waals surface area contributed by atoms with Gasteiger partial charge in [0.05, 0.1) is 11.3 Å². The highest BCUT2D eigenvalue weighted by molar-refractivity contribution is 5.61. The summed E-state index contributed by atoms with van der Waals surface area (Å²) in [5.74, 6) is -0.765. The monoisotopic (exact) mass is 299 g/mol. The summed E-state index contributed by atoms with van der Waals surface area (Å²) in [6, 6.07) is 5.92. The van der Waals surface area contributed by atoms with Gasteiger partial charge in [0.25, 0.3) is 0 Å². The number of anilines is 1. The van der Waals surface area contributed by atoms with Crippen molar-refractivity contribution in [3.05, 3.63) is 41.7 Å². The standard InChI is InChI=1S/C14H13F4N3/c1-2-7-19-13-6-5-12(20-21-13)9-3-4-11(15)10(8-9)14(16,17)18/h3-6,8H,2,7H2,1H3,(H,19,21). The van der Waals surface area contributed by atoms with Crippen LogP contribution in [0.1, 0.15) is 18.9 Å². The lowest BCUT2D eigenvalue weighted by Crippen LogP contribution is -2.08. The second-order valence-electron chi connectivity index (χ2n) is 4.42. The van der Waals surface area contributed by atoms with E-state index in [0.717, 1.165) is 25.1 Å². The van der Waals surface area contributed by atoms with Crippen LogP contribution in [0.2, 0.25) is 0 Å². The number of hydrogen-bond acceptors (Lipinski definition) is 3.